The Morgan fingerprint density at radius 1 is 0.900 bits per heavy atom. The first-order chi connectivity index (χ1) is 7.85. The first-order valence-electron chi connectivity index (χ1n) is 5.79. The summed E-state index contributed by atoms with van der Waals surface area (Å²) in [6.45, 7) is 17.7. The van der Waals surface area contributed by atoms with Crippen molar-refractivity contribution < 1.29 is 72.8 Å². The second-order valence-electron chi connectivity index (χ2n) is 5.17. The summed E-state index contributed by atoms with van der Waals surface area (Å²) >= 11 is -2.18. The Balaban J connectivity index is -0.000000963. The minimum atomic E-state index is -2.18. The van der Waals surface area contributed by atoms with Crippen LogP contribution in [-0.4, -0.2) is 14.7 Å². The molecular formula is C15H30Li3NZn. The van der Waals surface area contributed by atoms with Gasteiger partial charge in [0.15, 0.2) is 0 Å². The molecule has 1 aliphatic rings. The third kappa shape index (κ3) is 6.96. The minimum Gasteiger partial charge on any atom is 1.00 e. The van der Waals surface area contributed by atoms with Crippen LogP contribution in [0.1, 0.15) is 47.0 Å². The van der Waals surface area contributed by atoms with E-state index in [0.717, 1.165) is 0 Å². The molecule has 0 aromatic rings. The molecule has 0 aromatic heterocycles. The van der Waals surface area contributed by atoms with E-state index in [1.54, 1.807) is 0 Å². The molecule has 0 atom stereocenters. The fourth-order valence-electron chi connectivity index (χ4n) is 1.88. The van der Waals surface area contributed by atoms with Crippen LogP contribution < -0.4 is 56.6 Å². The van der Waals surface area contributed by atoms with E-state index in [0.29, 0.717) is 11.1 Å². The zero-order chi connectivity index (χ0) is 13.1. The van der Waals surface area contributed by atoms with Gasteiger partial charge in [-0.05, 0) is 0 Å². The SMILES string of the molecule is C=C[CH2][ZnH2-3]([CH2]C=C)[N]1C(C)(C)CCCC1(C)C.[Li+].[Li+].[Li+]. The maximum Gasteiger partial charge on any atom is 1.00 e. The van der Waals surface area contributed by atoms with Crippen molar-refractivity contribution >= 4 is 0 Å². The van der Waals surface area contributed by atoms with Crippen LogP contribution in [0, 0.1) is 0 Å². The van der Waals surface area contributed by atoms with E-state index < -0.39 is 16.2 Å². The molecule has 1 heterocycles. The van der Waals surface area contributed by atoms with Gasteiger partial charge in [0.2, 0.25) is 0 Å². The maximum absolute atomic E-state index is 3.97. The molecule has 1 rings (SSSR count). The van der Waals surface area contributed by atoms with E-state index in [1.807, 2.05) is 0 Å². The number of rotatable bonds is 5. The second kappa shape index (κ2) is 11.4. The van der Waals surface area contributed by atoms with Crippen molar-refractivity contribution in [2.45, 2.75) is 68.1 Å². The fourth-order valence-corrected chi connectivity index (χ4v) is 1.88. The van der Waals surface area contributed by atoms with Gasteiger partial charge in [-0.2, -0.15) is 0 Å². The van der Waals surface area contributed by atoms with Gasteiger partial charge in [0.1, 0.15) is 0 Å². The van der Waals surface area contributed by atoms with Crippen molar-refractivity contribution in [2.24, 2.45) is 0 Å². The van der Waals surface area contributed by atoms with Crippen molar-refractivity contribution in [3.8, 4) is 0 Å². The van der Waals surface area contributed by atoms with Crippen molar-refractivity contribution in [1.29, 1.82) is 0 Å². The molecule has 0 N–H and O–H groups in total. The van der Waals surface area contributed by atoms with Gasteiger partial charge in [-0.3, -0.25) is 0 Å². The molecule has 20 heavy (non-hydrogen) atoms. The molecule has 1 aliphatic heterocycles. The topological polar surface area (TPSA) is 3.24 Å². The van der Waals surface area contributed by atoms with Crippen LogP contribution in [-0.2, 0) is 16.2 Å². The van der Waals surface area contributed by atoms with Gasteiger partial charge in [0.25, 0.3) is 0 Å². The summed E-state index contributed by atoms with van der Waals surface area (Å²) in [5, 5.41) is 2.61. The van der Waals surface area contributed by atoms with Crippen LogP contribution in [0.4, 0.5) is 0 Å². The maximum atomic E-state index is 3.97. The Kier molecular flexibility index (Phi) is 15.2. The van der Waals surface area contributed by atoms with Crippen LogP contribution in [0.3, 0.4) is 0 Å². The third-order valence-electron chi connectivity index (χ3n) is 2.18. The molecule has 0 amide bonds. The Hall–Kier alpha value is 1.86. The number of nitrogens with zero attached hydrogens (tertiary/aromatic N) is 1. The number of hydrogen-bond acceptors (Lipinski definition) is 1. The van der Waals surface area contributed by atoms with Crippen LogP contribution in [0.2, 0.25) is 10.0 Å². The molecule has 0 bridgehead atoms. The van der Waals surface area contributed by atoms with Gasteiger partial charge in [-0.15, -0.1) is 0 Å². The number of hydrogen-bond donors (Lipinski definition) is 0. The molecule has 5 heteroatoms. The van der Waals surface area contributed by atoms with E-state index in [9.17, 15) is 0 Å². The quantitative estimate of drug-likeness (QED) is 0.364. The molecule has 0 unspecified atom stereocenters. The van der Waals surface area contributed by atoms with Crippen LogP contribution in [0.15, 0.2) is 25.3 Å². The summed E-state index contributed by atoms with van der Waals surface area (Å²) in [6.07, 6.45) is 8.41. The molecule has 1 nitrogen and oxygen atoms in total. The van der Waals surface area contributed by atoms with Gasteiger partial charge >= 0.3 is 170 Å². The summed E-state index contributed by atoms with van der Waals surface area (Å²) in [7, 11) is 0. The molecule has 0 aliphatic carbocycles. The summed E-state index contributed by atoms with van der Waals surface area (Å²) in [6, 6.07) is 0. The Morgan fingerprint density at radius 3 is 1.55 bits per heavy atom. The fraction of sp³-hybridized carbons (Fsp3) is 0.733. The summed E-state index contributed by atoms with van der Waals surface area (Å²) < 4.78 is 2.97. The van der Waals surface area contributed by atoms with E-state index in [1.165, 1.54) is 29.3 Å². The first kappa shape index (κ1) is 26.7. The Labute approximate surface area is 168 Å². The predicted octanol–water partition coefficient (Wildman–Crippen LogP) is -4.75. The molecule has 1 saturated heterocycles. The average molecular weight is 311 g/mol. The van der Waals surface area contributed by atoms with E-state index in [4.69, 9.17) is 0 Å². The van der Waals surface area contributed by atoms with Crippen molar-refractivity contribution in [1.82, 2.24) is 3.64 Å². The minimum absolute atomic E-state index is 0. The molecule has 0 radical (unpaired) electrons. The summed E-state index contributed by atoms with van der Waals surface area (Å²) in [4.78, 5) is 0. The van der Waals surface area contributed by atoms with Crippen molar-refractivity contribution in [3.05, 3.63) is 25.3 Å². The van der Waals surface area contributed by atoms with E-state index in [2.05, 4.69) is 56.6 Å². The average Bonchev–Trinajstić information content (AvgIpc) is 2.15. The van der Waals surface area contributed by atoms with Crippen LogP contribution >= 0.6 is 0 Å². The molecule has 100 valence electrons. The van der Waals surface area contributed by atoms with Gasteiger partial charge in [0.05, 0.1) is 0 Å². The van der Waals surface area contributed by atoms with E-state index in [-0.39, 0.29) is 56.6 Å². The molecule has 1 fully saturated rings. The third-order valence-corrected chi connectivity index (χ3v) is 2.18. The Morgan fingerprint density at radius 2 is 1.25 bits per heavy atom. The van der Waals surface area contributed by atoms with Gasteiger partial charge < -0.3 is 0 Å². The normalized spacial score (nSPS) is 20.5. The van der Waals surface area contributed by atoms with Gasteiger partial charge in [-0.25, -0.2) is 0 Å². The van der Waals surface area contributed by atoms with Crippen LogP contribution in [0.5, 0.6) is 0 Å². The first-order valence-corrected chi connectivity index (χ1v) is 5.79. The largest absolute Gasteiger partial charge is 1.00 e. The van der Waals surface area contributed by atoms with Crippen molar-refractivity contribution in [3.63, 3.8) is 0 Å². The standard InChI is InChI=1S/C9H18N.2C3H5.3Li.Zn.2H/c1-8(2)6-5-7-9(3,4)10-8;2*1-3-2;;;;;;/h5-7H2,1-4H3;2*3H,1-2H2;;;;;;/q-1;;;3*+1;-2;;. The van der Waals surface area contributed by atoms with Crippen LogP contribution in [0.25, 0.3) is 0 Å². The van der Waals surface area contributed by atoms with Crippen molar-refractivity contribution in [2.75, 3.05) is 0 Å². The zero-order valence-corrected chi connectivity index (χ0v) is 14.6. The summed E-state index contributed by atoms with van der Waals surface area (Å²) in [5.41, 5.74) is 0.802. The van der Waals surface area contributed by atoms with E-state index >= 15 is 0 Å². The zero-order valence-electron chi connectivity index (χ0n) is 14.6. The summed E-state index contributed by atoms with van der Waals surface area (Å²) in [5.74, 6) is 0. The second-order valence-corrected chi connectivity index (χ2v) is 5.17. The predicted molar refractivity (Wildman–Crippen MR) is 76.6 cm³/mol. The molecule has 0 saturated carbocycles. The van der Waals surface area contributed by atoms with Gasteiger partial charge in [0, 0.05) is 0 Å². The molecule has 0 spiro atoms. The number of piperidine rings is 1. The smallest absolute Gasteiger partial charge is 1.00 e. The Bertz CT molecular complexity index is 267. The molecular weight excluding hydrogens is 280 g/mol. The molecule has 0 aromatic carbocycles. The van der Waals surface area contributed by atoms with Gasteiger partial charge in [-0.1, -0.05) is 0 Å². The number of allylic oxidation sites excluding steroid dienone is 2. The monoisotopic (exact) mass is 309 g/mol.